The Morgan fingerprint density at radius 1 is 1.20 bits per heavy atom. The molecule has 30 heavy (non-hydrogen) atoms. The molecule has 158 valence electrons. The number of fused-ring (bicyclic) bond motifs is 1. The maximum absolute atomic E-state index is 13.0. The summed E-state index contributed by atoms with van der Waals surface area (Å²) in [7, 11) is 3.16. The second kappa shape index (κ2) is 8.40. The van der Waals surface area contributed by atoms with Gasteiger partial charge in [0.25, 0.3) is 0 Å². The zero-order valence-corrected chi connectivity index (χ0v) is 17.6. The van der Waals surface area contributed by atoms with E-state index < -0.39 is 0 Å². The van der Waals surface area contributed by atoms with Crippen molar-refractivity contribution in [1.82, 2.24) is 4.90 Å². The molecule has 6 heteroatoms. The van der Waals surface area contributed by atoms with Gasteiger partial charge in [0.05, 0.1) is 25.3 Å². The number of carbonyl (C=O) groups is 1. The molecule has 2 aromatic carbocycles. The predicted octanol–water partition coefficient (Wildman–Crippen LogP) is 4.40. The molecule has 2 aliphatic heterocycles. The molecular weight excluding hydrogens is 382 g/mol. The Labute approximate surface area is 176 Å². The van der Waals surface area contributed by atoms with Gasteiger partial charge in [-0.1, -0.05) is 6.42 Å². The SMILES string of the molecule is COc1ccc(OC)c(C=C2Oc3c(ccc(O)c3CN3CCCC[C@@H]3C)C2=O)c1. The van der Waals surface area contributed by atoms with Gasteiger partial charge in [-0.3, -0.25) is 9.69 Å². The first-order valence-corrected chi connectivity index (χ1v) is 10.3. The van der Waals surface area contributed by atoms with E-state index in [0.29, 0.717) is 46.5 Å². The Balaban J connectivity index is 1.69. The van der Waals surface area contributed by atoms with Crippen molar-refractivity contribution in [2.24, 2.45) is 0 Å². The van der Waals surface area contributed by atoms with E-state index in [1.165, 1.54) is 6.42 Å². The van der Waals surface area contributed by atoms with Crippen molar-refractivity contribution in [1.29, 1.82) is 0 Å². The van der Waals surface area contributed by atoms with Crippen LogP contribution in [0.5, 0.6) is 23.0 Å². The Hall–Kier alpha value is -2.99. The van der Waals surface area contributed by atoms with Crippen LogP contribution in [-0.2, 0) is 6.54 Å². The standard InChI is InChI=1S/C24H27NO5/c1-15-6-4-5-11-25(15)14-19-20(26)9-8-18-23(27)22(30-24(18)19)13-16-12-17(28-2)7-10-21(16)29-3/h7-10,12-13,15,26H,4-6,11,14H2,1-3H3/t15-/m0/s1. The number of ketones is 1. The molecule has 1 saturated heterocycles. The van der Waals surface area contributed by atoms with Crippen molar-refractivity contribution in [3.63, 3.8) is 0 Å². The zero-order chi connectivity index (χ0) is 21.3. The lowest BCUT2D eigenvalue weighted by molar-refractivity contribution is 0.101. The van der Waals surface area contributed by atoms with Crippen LogP contribution < -0.4 is 14.2 Å². The fourth-order valence-corrected chi connectivity index (χ4v) is 4.14. The van der Waals surface area contributed by atoms with E-state index in [9.17, 15) is 9.90 Å². The van der Waals surface area contributed by atoms with Gasteiger partial charge in [-0.2, -0.15) is 0 Å². The fourth-order valence-electron chi connectivity index (χ4n) is 4.14. The van der Waals surface area contributed by atoms with Crippen LogP contribution in [-0.4, -0.2) is 42.6 Å². The summed E-state index contributed by atoms with van der Waals surface area (Å²) >= 11 is 0. The Morgan fingerprint density at radius 3 is 2.77 bits per heavy atom. The molecule has 0 radical (unpaired) electrons. The van der Waals surface area contributed by atoms with Crippen molar-refractivity contribution < 1.29 is 24.1 Å². The molecule has 2 heterocycles. The minimum absolute atomic E-state index is 0.152. The van der Waals surface area contributed by atoms with Gasteiger partial charge in [-0.15, -0.1) is 0 Å². The monoisotopic (exact) mass is 409 g/mol. The summed E-state index contributed by atoms with van der Waals surface area (Å²) in [4.78, 5) is 15.3. The molecular formula is C24H27NO5. The second-order valence-corrected chi connectivity index (χ2v) is 7.80. The van der Waals surface area contributed by atoms with Crippen molar-refractivity contribution in [3.8, 4) is 23.0 Å². The lowest BCUT2D eigenvalue weighted by Crippen LogP contribution is -2.36. The van der Waals surface area contributed by atoms with Crippen molar-refractivity contribution in [2.75, 3.05) is 20.8 Å². The lowest BCUT2D eigenvalue weighted by atomic mass is 10.0. The number of hydrogen-bond acceptors (Lipinski definition) is 6. The van der Waals surface area contributed by atoms with Crippen LogP contribution in [0.2, 0.25) is 0 Å². The number of allylic oxidation sites excluding steroid dienone is 1. The van der Waals surface area contributed by atoms with Crippen molar-refractivity contribution in [2.45, 2.75) is 38.8 Å². The summed E-state index contributed by atoms with van der Waals surface area (Å²) in [6.45, 7) is 3.73. The molecule has 1 fully saturated rings. The first-order chi connectivity index (χ1) is 14.5. The number of phenols is 1. The average molecular weight is 409 g/mol. The third kappa shape index (κ3) is 3.75. The largest absolute Gasteiger partial charge is 0.507 e. The lowest BCUT2D eigenvalue weighted by Gasteiger charge is -2.33. The summed E-state index contributed by atoms with van der Waals surface area (Å²) in [6, 6.07) is 9.01. The highest BCUT2D eigenvalue weighted by Crippen LogP contribution is 2.41. The summed E-state index contributed by atoms with van der Waals surface area (Å²) in [5.41, 5.74) is 1.82. The van der Waals surface area contributed by atoms with Crippen LogP contribution in [0.15, 0.2) is 36.1 Å². The van der Waals surface area contributed by atoms with E-state index in [4.69, 9.17) is 14.2 Å². The molecule has 6 nitrogen and oxygen atoms in total. The van der Waals surface area contributed by atoms with Gasteiger partial charge in [0, 0.05) is 18.2 Å². The second-order valence-electron chi connectivity index (χ2n) is 7.80. The highest BCUT2D eigenvalue weighted by Gasteiger charge is 2.32. The molecule has 1 atom stereocenters. The zero-order valence-electron chi connectivity index (χ0n) is 17.6. The van der Waals surface area contributed by atoms with E-state index in [2.05, 4.69) is 11.8 Å². The third-order valence-corrected chi connectivity index (χ3v) is 5.94. The number of ether oxygens (including phenoxy) is 3. The van der Waals surface area contributed by atoms with Crippen LogP contribution >= 0.6 is 0 Å². The van der Waals surface area contributed by atoms with Gasteiger partial charge in [0.15, 0.2) is 5.76 Å². The van der Waals surface area contributed by atoms with E-state index >= 15 is 0 Å². The van der Waals surface area contributed by atoms with Gasteiger partial charge < -0.3 is 19.3 Å². The molecule has 0 amide bonds. The first-order valence-electron chi connectivity index (χ1n) is 10.3. The normalized spacial score (nSPS) is 20.2. The van der Waals surface area contributed by atoms with Gasteiger partial charge in [-0.25, -0.2) is 0 Å². The number of carbonyl (C=O) groups excluding carboxylic acids is 1. The summed E-state index contributed by atoms with van der Waals surface area (Å²) in [5, 5.41) is 10.5. The van der Waals surface area contributed by atoms with Crippen molar-refractivity contribution in [3.05, 3.63) is 52.8 Å². The Bertz CT molecular complexity index is 997. The number of likely N-dealkylation sites (tertiary alicyclic amines) is 1. The number of hydrogen-bond donors (Lipinski definition) is 1. The summed E-state index contributed by atoms with van der Waals surface area (Å²) in [6.07, 6.45) is 5.16. The highest BCUT2D eigenvalue weighted by atomic mass is 16.5. The molecule has 2 aromatic rings. The van der Waals surface area contributed by atoms with Crippen LogP contribution in [0, 0.1) is 0 Å². The summed E-state index contributed by atoms with van der Waals surface area (Å²) in [5.74, 6) is 1.87. The van der Waals surface area contributed by atoms with Crippen LogP contribution in [0.3, 0.4) is 0 Å². The number of piperidine rings is 1. The Kier molecular flexibility index (Phi) is 5.68. The van der Waals surface area contributed by atoms with E-state index in [1.54, 1.807) is 50.6 Å². The van der Waals surface area contributed by atoms with Crippen LogP contribution in [0.25, 0.3) is 6.08 Å². The van der Waals surface area contributed by atoms with Gasteiger partial charge in [-0.05, 0) is 62.7 Å². The molecule has 1 N–H and O–H groups in total. The van der Waals surface area contributed by atoms with Gasteiger partial charge >= 0.3 is 0 Å². The Morgan fingerprint density at radius 2 is 2.03 bits per heavy atom. The molecule has 4 rings (SSSR count). The minimum Gasteiger partial charge on any atom is -0.507 e. The molecule has 0 bridgehead atoms. The van der Waals surface area contributed by atoms with E-state index in [1.807, 2.05) is 0 Å². The molecule has 0 aliphatic carbocycles. The number of phenolic OH excluding ortho intramolecular Hbond substituents is 1. The van der Waals surface area contributed by atoms with Crippen molar-refractivity contribution >= 4 is 11.9 Å². The predicted molar refractivity (Wildman–Crippen MR) is 114 cm³/mol. The smallest absolute Gasteiger partial charge is 0.231 e. The quantitative estimate of drug-likeness (QED) is 0.739. The van der Waals surface area contributed by atoms with Gasteiger partial charge in [0.2, 0.25) is 5.78 Å². The van der Waals surface area contributed by atoms with E-state index in [0.717, 1.165) is 19.4 Å². The summed E-state index contributed by atoms with van der Waals surface area (Å²) < 4.78 is 16.7. The number of nitrogens with zero attached hydrogens (tertiary/aromatic N) is 1. The molecule has 0 aromatic heterocycles. The number of aromatic hydroxyl groups is 1. The number of Topliss-reactive ketones (excluding diaryl/α,β-unsaturated/α-hetero) is 1. The van der Waals surface area contributed by atoms with E-state index in [-0.39, 0.29) is 17.3 Å². The number of benzene rings is 2. The topological polar surface area (TPSA) is 68.2 Å². The first kappa shape index (κ1) is 20.3. The van der Waals surface area contributed by atoms with Crippen LogP contribution in [0.1, 0.15) is 47.7 Å². The number of rotatable bonds is 5. The molecule has 2 aliphatic rings. The van der Waals surface area contributed by atoms with Gasteiger partial charge in [0.1, 0.15) is 23.0 Å². The molecule has 0 saturated carbocycles. The average Bonchev–Trinajstić information content (AvgIpc) is 3.07. The minimum atomic E-state index is -0.206. The number of methoxy groups -OCH3 is 2. The fraction of sp³-hybridized carbons (Fsp3) is 0.375. The highest BCUT2D eigenvalue weighted by molar-refractivity contribution is 6.15. The maximum atomic E-state index is 13.0. The van der Waals surface area contributed by atoms with Crippen LogP contribution in [0.4, 0.5) is 0 Å². The third-order valence-electron chi connectivity index (χ3n) is 5.94. The molecule has 0 spiro atoms. The molecule has 0 unspecified atom stereocenters. The maximum Gasteiger partial charge on any atom is 0.231 e.